The van der Waals surface area contributed by atoms with E-state index >= 15 is 0 Å². The molecule has 0 aliphatic heterocycles. The summed E-state index contributed by atoms with van der Waals surface area (Å²) in [5, 5.41) is 0. The number of Topliss-reactive ketones (excluding diaryl/α,β-unsaturated/α-hetero) is 1. The topological polar surface area (TPSA) is 26.3 Å². The highest BCUT2D eigenvalue weighted by molar-refractivity contribution is 5.97. The molecular weight excluding hydrogens is 332 g/mol. The van der Waals surface area contributed by atoms with Gasteiger partial charge >= 0.3 is 0 Å². The predicted octanol–water partition coefficient (Wildman–Crippen LogP) is 6.52. The highest BCUT2D eigenvalue weighted by Gasteiger charge is 2.13. The van der Waals surface area contributed by atoms with Crippen LogP contribution in [0.25, 0.3) is 11.1 Å². The van der Waals surface area contributed by atoms with Crippen molar-refractivity contribution >= 4 is 5.78 Å². The van der Waals surface area contributed by atoms with Gasteiger partial charge in [0, 0.05) is 17.5 Å². The number of hydrogen-bond acceptors (Lipinski definition) is 2. The van der Waals surface area contributed by atoms with Gasteiger partial charge in [-0.05, 0) is 48.1 Å². The van der Waals surface area contributed by atoms with E-state index in [9.17, 15) is 4.79 Å². The van der Waals surface area contributed by atoms with E-state index in [0.717, 1.165) is 35.3 Å². The summed E-state index contributed by atoms with van der Waals surface area (Å²) in [5.41, 5.74) is 4.10. The van der Waals surface area contributed by atoms with Crippen molar-refractivity contribution in [2.24, 2.45) is 0 Å². The molecule has 0 heterocycles. The highest BCUT2D eigenvalue weighted by atomic mass is 16.5. The summed E-state index contributed by atoms with van der Waals surface area (Å²) in [6.45, 7) is 2.22. The maximum Gasteiger partial charge on any atom is 0.162 e. The lowest BCUT2D eigenvalue weighted by molar-refractivity contribution is 0.0979. The third-order valence-electron chi connectivity index (χ3n) is 5.02. The van der Waals surface area contributed by atoms with Gasteiger partial charge in [-0.1, -0.05) is 67.6 Å². The standard InChI is InChI=1S/C25H26O2/c1-19(20-11-5-3-6-12-20)10-9-15-24(26)22-16-17-25(27-2)23(18-22)21-13-7-4-8-14-21/h3-8,11-14,16-19H,9-10,15H2,1-2H3. The molecule has 3 rings (SSSR count). The first-order valence-electron chi connectivity index (χ1n) is 9.50. The monoisotopic (exact) mass is 358 g/mol. The second-order valence-electron chi connectivity index (χ2n) is 6.91. The van der Waals surface area contributed by atoms with Crippen LogP contribution in [0.4, 0.5) is 0 Å². The minimum absolute atomic E-state index is 0.190. The molecule has 0 bridgehead atoms. The van der Waals surface area contributed by atoms with Crippen molar-refractivity contribution in [3.05, 3.63) is 90.0 Å². The fourth-order valence-corrected chi connectivity index (χ4v) is 3.39. The SMILES string of the molecule is COc1ccc(C(=O)CCCC(C)c2ccccc2)cc1-c1ccccc1. The molecule has 0 saturated heterocycles. The fourth-order valence-electron chi connectivity index (χ4n) is 3.39. The molecule has 0 N–H and O–H groups in total. The van der Waals surface area contributed by atoms with Crippen LogP contribution in [0.15, 0.2) is 78.9 Å². The van der Waals surface area contributed by atoms with Crippen LogP contribution in [0.3, 0.4) is 0 Å². The molecule has 138 valence electrons. The van der Waals surface area contributed by atoms with E-state index in [2.05, 4.69) is 31.2 Å². The second-order valence-corrected chi connectivity index (χ2v) is 6.91. The van der Waals surface area contributed by atoms with Crippen LogP contribution in [0.2, 0.25) is 0 Å². The van der Waals surface area contributed by atoms with Gasteiger partial charge in [-0.3, -0.25) is 4.79 Å². The lowest BCUT2D eigenvalue weighted by atomic mass is 9.93. The van der Waals surface area contributed by atoms with Gasteiger partial charge in [-0.25, -0.2) is 0 Å². The molecule has 0 amide bonds. The number of methoxy groups -OCH3 is 1. The maximum absolute atomic E-state index is 12.7. The average Bonchev–Trinajstić information content (AvgIpc) is 2.74. The second kappa shape index (κ2) is 9.18. The summed E-state index contributed by atoms with van der Waals surface area (Å²) in [6, 6.07) is 26.2. The van der Waals surface area contributed by atoms with Crippen LogP contribution in [0.5, 0.6) is 5.75 Å². The van der Waals surface area contributed by atoms with Crippen molar-refractivity contribution in [2.75, 3.05) is 7.11 Å². The molecule has 0 aliphatic carbocycles. The van der Waals surface area contributed by atoms with Gasteiger partial charge < -0.3 is 4.74 Å². The summed E-state index contributed by atoms with van der Waals surface area (Å²) in [7, 11) is 1.66. The molecule has 3 aromatic rings. The minimum Gasteiger partial charge on any atom is -0.496 e. The Kier molecular flexibility index (Phi) is 6.43. The molecule has 0 aromatic heterocycles. The number of hydrogen-bond donors (Lipinski definition) is 0. The molecule has 0 saturated carbocycles. The molecule has 0 spiro atoms. The van der Waals surface area contributed by atoms with Crippen molar-refractivity contribution in [2.45, 2.75) is 32.1 Å². The number of carbonyl (C=O) groups is 1. The van der Waals surface area contributed by atoms with Crippen molar-refractivity contribution in [1.82, 2.24) is 0 Å². The fraction of sp³-hybridized carbons (Fsp3) is 0.240. The molecule has 1 unspecified atom stereocenters. The Hall–Kier alpha value is -2.87. The molecule has 2 heteroatoms. The normalized spacial score (nSPS) is 11.8. The summed E-state index contributed by atoms with van der Waals surface area (Å²) >= 11 is 0. The quantitative estimate of drug-likeness (QED) is 0.429. The van der Waals surface area contributed by atoms with Crippen LogP contribution in [-0.2, 0) is 0 Å². The van der Waals surface area contributed by atoms with E-state index in [0.29, 0.717) is 12.3 Å². The van der Waals surface area contributed by atoms with Gasteiger partial charge in [0.05, 0.1) is 7.11 Å². The summed E-state index contributed by atoms with van der Waals surface area (Å²) < 4.78 is 5.48. The van der Waals surface area contributed by atoms with Gasteiger partial charge in [0.15, 0.2) is 5.78 Å². The lowest BCUT2D eigenvalue weighted by Crippen LogP contribution is -2.02. The van der Waals surface area contributed by atoms with Crippen LogP contribution >= 0.6 is 0 Å². The van der Waals surface area contributed by atoms with E-state index in [1.165, 1.54) is 5.56 Å². The third kappa shape index (κ3) is 4.85. The van der Waals surface area contributed by atoms with Gasteiger partial charge in [0.2, 0.25) is 0 Å². The summed E-state index contributed by atoms with van der Waals surface area (Å²) in [5.74, 6) is 1.44. The van der Waals surface area contributed by atoms with E-state index in [1.54, 1.807) is 7.11 Å². The number of ether oxygens (including phenoxy) is 1. The van der Waals surface area contributed by atoms with Gasteiger partial charge in [0.25, 0.3) is 0 Å². The minimum atomic E-state index is 0.190. The molecule has 0 aliphatic rings. The van der Waals surface area contributed by atoms with E-state index < -0.39 is 0 Å². The molecule has 2 nitrogen and oxygen atoms in total. The zero-order chi connectivity index (χ0) is 19.1. The predicted molar refractivity (Wildman–Crippen MR) is 111 cm³/mol. The third-order valence-corrected chi connectivity index (χ3v) is 5.02. The van der Waals surface area contributed by atoms with Crippen molar-refractivity contribution in [1.29, 1.82) is 0 Å². The molecule has 0 radical (unpaired) electrons. The zero-order valence-corrected chi connectivity index (χ0v) is 16.0. The number of benzene rings is 3. The zero-order valence-electron chi connectivity index (χ0n) is 16.0. The van der Waals surface area contributed by atoms with Crippen LogP contribution in [0.1, 0.15) is 48.0 Å². The smallest absolute Gasteiger partial charge is 0.162 e. The Bertz CT molecular complexity index is 869. The largest absolute Gasteiger partial charge is 0.496 e. The lowest BCUT2D eigenvalue weighted by Gasteiger charge is -2.12. The van der Waals surface area contributed by atoms with Crippen molar-refractivity contribution in [3.8, 4) is 16.9 Å². The van der Waals surface area contributed by atoms with Gasteiger partial charge in [0.1, 0.15) is 5.75 Å². The Morgan fingerprint density at radius 2 is 1.59 bits per heavy atom. The summed E-state index contributed by atoms with van der Waals surface area (Å²) in [4.78, 5) is 12.7. The highest BCUT2D eigenvalue weighted by Crippen LogP contribution is 2.31. The van der Waals surface area contributed by atoms with Crippen LogP contribution in [0, 0.1) is 0 Å². The first-order valence-corrected chi connectivity index (χ1v) is 9.50. The van der Waals surface area contributed by atoms with Crippen LogP contribution < -0.4 is 4.74 Å². The Balaban J connectivity index is 1.66. The Morgan fingerprint density at radius 3 is 2.26 bits per heavy atom. The first-order chi connectivity index (χ1) is 13.2. The van der Waals surface area contributed by atoms with Crippen LogP contribution in [-0.4, -0.2) is 12.9 Å². The molecular formula is C25H26O2. The molecule has 27 heavy (non-hydrogen) atoms. The number of ketones is 1. The van der Waals surface area contributed by atoms with Gasteiger partial charge in [-0.15, -0.1) is 0 Å². The van der Waals surface area contributed by atoms with Gasteiger partial charge in [-0.2, -0.15) is 0 Å². The van der Waals surface area contributed by atoms with Crippen molar-refractivity contribution < 1.29 is 9.53 Å². The average molecular weight is 358 g/mol. The summed E-state index contributed by atoms with van der Waals surface area (Å²) in [6.07, 6.45) is 2.47. The van der Waals surface area contributed by atoms with E-state index in [-0.39, 0.29) is 5.78 Å². The molecule has 0 fully saturated rings. The first kappa shape index (κ1) is 18.9. The number of carbonyl (C=O) groups excluding carboxylic acids is 1. The molecule has 1 atom stereocenters. The van der Waals surface area contributed by atoms with Crippen molar-refractivity contribution in [3.63, 3.8) is 0 Å². The van der Waals surface area contributed by atoms with E-state index in [4.69, 9.17) is 4.74 Å². The Morgan fingerprint density at radius 1 is 0.926 bits per heavy atom. The molecule has 3 aromatic carbocycles. The Labute approximate surface area is 161 Å². The van der Waals surface area contributed by atoms with E-state index in [1.807, 2.05) is 54.6 Å². The maximum atomic E-state index is 12.7. The number of rotatable bonds is 8.